The number of nitrogens with zero attached hydrogens (tertiary/aromatic N) is 1. The average molecular weight is 259 g/mol. The summed E-state index contributed by atoms with van der Waals surface area (Å²) < 4.78 is 4.88. The number of amides is 4. The first-order valence-electron chi connectivity index (χ1n) is 5.55. The zero-order chi connectivity index (χ0) is 13.5. The molecule has 1 aliphatic rings. The van der Waals surface area contributed by atoms with Crippen LogP contribution in [0.15, 0.2) is 0 Å². The SMILES string of the molecule is COCC(CCO)NC(=O)CN1C(=O)CNC1=O. The van der Waals surface area contributed by atoms with Crippen LogP contribution in [0.25, 0.3) is 0 Å². The summed E-state index contributed by atoms with van der Waals surface area (Å²) >= 11 is 0. The molecule has 1 heterocycles. The summed E-state index contributed by atoms with van der Waals surface area (Å²) in [5.41, 5.74) is 0. The first kappa shape index (κ1) is 14.4. The third-order valence-corrected chi connectivity index (χ3v) is 2.45. The highest BCUT2D eigenvalue weighted by Gasteiger charge is 2.30. The van der Waals surface area contributed by atoms with Gasteiger partial charge in [0.1, 0.15) is 6.54 Å². The Labute approximate surface area is 104 Å². The molecule has 102 valence electrons. The molecule has 0 bridgehead atoms. The molecule has 0 radical (unpaired) electrons. The highest BCUT2D eigenvalue weighted by molar-refractivity contribution is 6.04. The minimum atomic E-state index is -0.569. The first-order chi connectivity index (χ1) is 8.58. The molecule has 0 aromatic heterocycles. The molecule has 0 aromatic rings. The van der Waals surface area contributed by atoms with E-state index < -0.39 is 17.8 Å². The van der Waals surface area contributed by atoms with Crippen molar-refractivity contribution in [3.05, 3.63) is 0 Å². The van der Waals surface area contributed by atoms with Gasteiger partial charge in [0.25, 0.3) is 5.91 Å². The largest absolute Gasteiger partial charge is 0.396 e. The molecule has 3 N–H and O–H groups in total. The number of rotatable bonds is 7. The zero-order valence-electron chi connectivity index (χ0n) is 10.1. The highest BCUT2D eigenvalue weighted by atomic mass is 16.5. The fourth-order valence-electron chi connectivity index (χ4n) is 1.59. The van der Waals surface area contributed by atoms with E-state index in [1.807, 2.05) is 0 Å². The maximum absolute atomic E-state index is 11.6. The lowest BCUT2D eigenvalue weighted by atomic mass is 10.2. The molecular formula is C10H17N3O5. The lowest BCUT2D eigenvalue weighted by Crippen LogP contribution is -2.46. The lowest BCUT2D eigenvalue weighted by molar-refractivity contribution is -0.131. The van der Waals surface area contributed by atoms with E-state index in [9.17, 15) is 14.4 Å². The number of carbonyl (C=O) groups excluding carboxylic acids is 3. The van der Waals surface area contributed by atoms with Gasteiger partial charge in [-0.15, -0.1) is 0 Å². The van der Waals surface area contributed by atoms with Crippen LogP contribution >= 0.6 is 0 Å². The van der Waals surface area contributed by atoms with Crippen LogP contribution in [0.5, 0.6) is 0 Å². The summed E-state index contributed by atoms with van der Waals surface area (Å²) in [6, 6.07) is -0.908. The Hall–Kier alpha value is -1.67. The minimum Gasteiger partial charge on any atom is -0.396 e. The van der Waals surface area contributed by atoms with Crippen LogP contribution in [0.2, 0.25) is 0 Å². The smallest absolute Gasteiger partial charge is 0.325 e. The van der Waals surface area contributed by atoms with Gasteiger partial charge in [-0.3, -0.25) is 14.5 Å². The molecule has 1 atom stereocenters. The number of hydrogen-bond donors (Lipinski definition) is 3. The van der Waals surface area contributed by atoms with E-state index >= 15 is 0 Å². The number of aliphatic hydroxyl groups is 1. The topological polar surface area (TPSA) is 108 Å². The van der Waals surface area contributed by atoms with Gasteiger partial charge in [0.05, 0.1) is 19.2 Å². The highest BCUT2D eigenvalue weighted by Crippen LogP contribution is 1.99. The monoisotopic (exact) mass is 259 g/mol. The number of ether oxygens (including phenoxy) is 1. The van der Waals surface area contributed by atoms with Crippen molar-refractivity contribution in [3.8, 4) is 0 Å². The fourth-order valence-corrected chi connectivity index (χ4v) is 1.59. The maximum atomic E-state index is 11.6. The molecule has 1 aliphatic heterocycles. The Bertz CT molecular complexity index is 311. The summed E-state index contributed by atoms with van der Waals surface area (Å²) in [5, 5.41) is 13.7. The third-order valence-electron chi connectivity index (χ3n) is 2.45. The number of urea groups is 1. The normalized spacial score (nSPS) is 16.7. The number of imide groups is 1. The molecule has 4 amide bonds. The molecule has 1 rings (SSSR count). The summed E-state index contributed by atoms with van der Waals surface area (Å²) in [6.07, 6.45) is 0.347. The van der Waals surface area contributed by atoms with E-state index in [1.54, 1.807) is 0 Å². The minimum absolute atomic E-state index is 0.0791. The predicted octanol–water partition coefficient (Wildman–Crippen LogP) is -1.95. The molecule has 0 aliphatic carbocycles. The Balaban J connectivity index is 2.44. The van der Waals surface area contributed by atoms with E-state index in [1.165, 1.54) is 7.11 Å². The van der Waals surface area contributed by atoms with E-state index in [4.69, 9.17) is 9.84 Å². The van der Waals surface area contributed by atoms with Gasteiger partial charge in [-0.25, -0.2) is 4.79 Å². The molecule has 0 aromatic carbocycles. The Morgan fingerprint density at radius 3 is 2.83 bits per heavy atom. The number of nitrogens with one attached hydrogen (secondary N) is 2. The summed E-state index contributed by atoms with van der Waals surface area (Å²) in [5.74, 6) is -0.892. The maximum Gasteiger partial charge on any atom is 0.325 e. The van der Waals surface area contributed by atoms with Crippen molar-refractivity contribution < 1.29 is 24.2 Å². The second-order valence-corrected chi connectivity index (χ2v) is 3.87. The second kappa shape index (κ2) is 6.92. The number of methoxy groups -OCH3 is 1. The molecule has 8 nitrogen and oxygen atoms in total. The van der Waals surface area contributed by atoms with E-state index in [0.717, 1.165) is 4.90 Å². The lowest BCUT2D eigenvalue weighted by Gasteiger charge is -2.18. The van der Waals surface area contributed by atoms with Crippen LogP contribution in [-0.2, 0) is 14.3 Å². The van der Waals surface area contributed by atoms with Gasteiger partial charge in [-0.1, -0.05) is 0 Å². The summed E-state index contributed by atoms with van der Waals surface area (Å²) in [6.45, 7) is -0.232. The first-order valence-corrected chi connectivity index (χ1v) is 5.55. The van der Waals surface area contributed by atoms with Crippen molar-refractivity contribution in [2.75, 3.05) is 33.4 Å². The van der Waals surface area contributed by atoms with Gasteiger partial charge in [-0.05, 0) is 6.42 Å². The molecule has 0 saturated carbocycles. The Kier molecular flexibility index (Phi) is 5.53. The van der Waals surface area contributed by atoms with Gasteiger partial charge >= 0.3 is 6.03 Å². The predicted molar refractivity (Wildman–Crippen MR) is 60.6 cm³/mol. The average Bonchev–Trinajstić information content (AvgIpc) is 2.61. The van der Waals surface area contributed by atoms with Crippen LogP contribution in [0, 0.1) is 0 Å². The van der Waals surface area contributed by atoms with Gasteiger partial charge in [0.2, 0.25) is 5.91 Å². The molecule has 8 heteroatoms. The number of carbonyl (C=O) groups is 3. The van der Waals surface area contributed by atoms with Crippen molar-refractivity contribution in [3.63, 3.8) is 0 Å². The summed E-state index contributed by atoms with van der Waals surface area (Å²) in [7, 11) is 1.48. The van der Waals surface area contributed by atoms with Crippen molar-refractivity contribution in [1.29, 1.82) is 0 Å². The van der Waals surface area contributed by atoms with Gasteiger partial charge in [0.15, 0.2) is 0 Å². The third kappa shape index (κ3) is 3.97. The standard InChI is InChI=1S/C10H17N3O5/c1-18-6-7(2-3-14)12-8(15)5-13-9(16)4-11-10(13)17/h7,14H,2-6H2,1H3,(H,11,17)(H,12,15). The molecule has 0 spiro atoms. The molecular weight excluding hydrogens is 242 g/mol. The molecule has 1 fully saturated rings. The molecule has 1 saturated heterocycles. The Morgan fingerprint density at radius 1 is 1.61 bits per heavy atom. The van der Waals surface area contributed by atoms with Crippen molar-refractivity contribution in [2.24, 2.45) is 0 Å². The quantitative estimate of drug-likeness (QED) is 0.461. The van der Waals surface area contributed by atoms with Crippen LogP contribution in [-0.4, -0.2) is 67.3 Å². The van der Waals surface area contributed by atoms with Gasteiger partial charge in [-0.2, -0.15) is 0 Å². The zero-order valence-corrected chi connectivity index (χ0v) is 10.1. The Morgan fingerprint density at radius 2 is 2.33 bits per heavy atom. The van der Waals surface area contributed by atoms with Crippen molar-refractivity contribution in [1.82, 2.24) is 15.5 Å². The molecule has 18 heavy (non-hydrogen) atoms. The van der Waals surface area contributed by atoms with Crippen molar-refractivity contribution >= 4 is 17.8 Å². The van der Waals surface area contributed by atoms with E-state index in [2.05, 4.69) is 10.6 Å². The second-order valence-electron chi connectivity index (χ2n) is 3.87. The van der Waals surface area contributed by atoms with Crippen LogP contribution in [0.3, 0.4) is 0 Å². The summed E-state index contributed by atoms with van der Waals surface area (Å²) in [4.78, 5) is 34.9. The molecule has 1 unspecified atom stereocenters. The van der Waals surface area contributed by atoms with Gasteiger partial charge in [0, 0.05) is 13.7 Å². The number of hydrogen-bond acceptors (Lipinski definition) is 5. The number of aliphatic hydroxyl groups excluding tert-OH is 1. The van der Waals surface area contributed by atoms with E-state index in [0.29, 0.717) is 6.42 Å². The van der Waals surface area contributed by atoms with Crippen LogP contribution in [0.4, 0.5) is 4.79 Å². The van der Waals surface area contributed by atoms with Crippen LogP contribution in [0.1, 0.15) is 6.42 Å². The van der Waals surface area contributed by atoms with E-state index in [-0.39, 0.29) is 32.3 Å². The van der Waals surface area contributed by atoms with Crippen molar-refractivity contribution in [2.45, 2.75) is 12.5 Å². The van der Waals surface area contributed by atoms with Crippen LogP contribution < -0.4 is 10.6 Å². The fraction of sp³-hybridized carbons (Fsp3) is 0.700. The van der Waals surface area contributed by atoms with Gasteiger partial charge < -0.3 is 20.5 Å².